The van der Waals surface area contributed by atoms with Crippen LogP contribution in [0.1, 0.15) is 30.8 Å². The van der Waals surface area contributed by atoms with Crippen molar-refractivity contribution >= 4 is 0 Å². The number of ether oxygens (including phenoxy) is 1. The molecule has 112 valence electrons. The largest absolute Gasteiger partial charge is 0.493 e. The summed E-state index contributed by atoms with van der Waals surface area (Å²) in [5.41, 5.74) is 2.72. The van der Waals surface area contributed by atoms with Gasteiger partial charge >= 0.3 is 0 Å². The Morgan fingerprint density at radius 1 is 1.38 bits per heavy atom. The van der Waals surface area contributed by atoms with E-state index in [4.69, 9.17) is 4.74 Å². The van der Waals surface area contributed by atoms with Crippen molar-refractivity contribution in [2.75, 3.05) is 6.61 Å². The maximum absolute atomic E-state index is 5.55. The molecule has 0 unspecified atom stereocenters. The number of aryl methyl sites for hydroxylation is 2. The molecule has 1 aliphatic heterocycles. The van der Waals surface area contributed by atoms with Gasteiger partial charge < -0.3 is 14.6 Å². The zero-order valence-corrected chi connectivity index (χ0v) is 12.8. The van der Waals surface area contributed by atoms with E-state index in [1.54, 1.807) is 0 Å². The molecule has 4 nitrogen and oxygen atoms in total. The summed E-state index contributed by atoms with van der Waals surface area (Å²) in [6, 6.07) is 7.04. The van der Waals surface area contributed by atoms with Crippen molar-refractivity contribution in [1.29, 1.82) is 0 Å². The highest BCUT2D eigenvalue weighted by Crippen LogP contribution is 2.26. The second kappa shape index (κ2) is 6.31. The van der Waals surface area contributed by atoms with Gasteiger partial charge in [0.25, 0.3) is 0 Å². The number of hydrogen-bond donors (Lipinski definition) is 1. The summed E-state index contributed by atoms with van der Waals surface area (Å²) in [5, 5.41) is 3.42. The lowest BCUT2D eigenvalue weighted by molar-refractivity contribution is 0.357. The minimum atomic E-state index is 0.479. The number of benzene rings is 1. The maximum atomic E-state index is 5.55. The van der Waals surface area contributed by atoms with E-state index < -0.39 is 0 Å². The minimum Gasteiger partial charge on any atom is -0.493 e. The first-order valence-electron chi connectivity index (χ1n) is 7.70. The van der Waals surface area contributed by atoms with Gasteiger partial charge in [-0.2, -0.15) is 0 Å². The summed E-state index contributed by atoms with van der Waals surface area (Å²) in [7, 11) is 0. The Balaban J connectivity index is 1.61. The molecular weight excluding hydrogens is 262 g/mol. The van der Waals surface area contributed by atoms with Gasteiger partial charge in [0.1, 0.15) is 11.6 Å². The van der Waals surface area contributed by atoms with Crippen LogP contribution in [0.2, 0.25) is 0 Å². The molecule has 2 aromatic rings. The molecule has 0 spiro atoms. The number of rotatable bonds is 6. The van der Waals surface area contributed by atoms with Crippen molar-refractivity contribution in [2.45, 2.75) is 45.8 Å². The van der Waals surface area contributed by atoms with E-state index in [1.807, 2.05) is 6.20 Å². The second-order valence-corrected chi connectivity index (χ2v) is 5.86. The van der Waals surface area contributed by atoms with Gasteiger partial charge in [0, 0.05) is 31.4 Å². The molecule has 21 heavy (non-hydrogen) atoms. The third-order valence-electron chi connectivity index (χ3n) is 3.87. The number of nitrogens with one attached hydrogen (secondary N) is 1. The maximum Gasteiger partial charge on any atom is 0.122 e. The van der Waals surface area contributed by atoms with E-state index in [0.717, 1.165) is 44.1 Å². The quantitative estimate of drug-likeness (QED) is 0.886. The Labute approximate surface area is 126 Å². The fourth-order valence-electron chi connectivity index (χ4n) is 2.65. The number of fused-ring (bicyclic) bond motifs is 1. The number of aromatic nitrogens is 2. The first-order chi connectivity index (χ1) is 10.2. The molecular formula is C17H23N3O. The van der Waals surface area contributed by atoms with E-state index in [2.05, 4.69) is 53.1 Å². The predicted octanol–water partition coefficient (Wildman–Crippen LogP) is 2.56. The number of hydrogen-bond acceptors (Lipinski definition) is 3. The van der Waals surface area contributed by atoms with Gasteiger partial charge in [-0.1, -0.05) is 26.0 Å². The fraction of sp³-hybridized carbons (Fsp3) is 0.471. The molecule has 0 radical (unpaired) electrons. The van der Waals surface area contributed by atoms with Crippen LogP contribution in [0.15, 0.2) is 30.6 Å². The van der Waals surface area contributed by atoms with E-state index in [-0.39, 0.29) is 0 Å². The summed E-state index contributed by atoms with van der Waals surface area (Å²) in [4.78, 5) is 4.44. The lowest BCUT2D eigenvalue weighted by atomic mass is 10.1. The zero-order chi connectivity index (χ0) is 14.7. The van der Waals surface area contributed by atoms with Gasteiger partial charge in [0.15, 0.2) is 0 Å². The lowest BCUT2D eigenvalue weighted by Gasteiger charge is -2.11. The van der Waals surface area contributed by atoms with Crippen molar-refractivity contribution in [3.05, 3.63) is 47.5 Å². The van der Waals surface area contributed by atoms with Crippen LogP contribution in [0.4, 0.5) is 0 Å². The van der Waals surface area contributed by atoms with Crippen LogP contribution < -0.4 is 10.1 Å². The van der Waals surface area contributed by atoms with Gasteiger partial charge in [0.05, 0.1) is 13.2 Å². The van der Waals surface area contributed by atoms with Gasteiger partial charge in [-0.15, -0.1) is 0 Å². The molecule has 0 atom stereocenters. The molecule has 0 aliphatic carbocycles. The normalized spacial score (nSPS) is 13.5. The molecule has 0 saturated carbocycles. The highest BCUT2D eigenvalue weighted by Gasteiger charge is 2.12. The molecule has 1 N–H and O–H groups in total. The average Bonchev–Trinajstić information content (AvgIpc) is 3.11. The molecule has 4 heteroatoms. The monoisotopic (exact) mass is 285 g/mol. The second-order valence-electron chi connectivity index (χ2n) is 5.86. The van der Waals surface area contributed by atoms with Gasteiger partial charge in [0.2, 0.25) is 0 Å². The molecule has 0 saturated heterocycles. The van der Waals surface area contributed by atoms with Gasteiger partial charge in [-0.25, -0.2) is 4.98 Å². The first-order valence-corrected chi connectivity index (χ1v) is 7.70. The first kappa shape index (κ1) is 14.1. The van der Waals surface area contributed by atoms with Crippen molar-refractivity contribution < 1.29 is 4.74 Å². The SMILES string of the molecule is CC(C)NCc1nccn1CCc1ccc2c(c1)CCO2. The molecule has 0 amide bonds. The molecule has 0 bridgehead atoms. The van der Waals surface area contributed by atoms with Crippen molar-refractivity contribution in [3.63, 3.8) is 0 Å². The van der Waals surface area contributed by atoms with Crippen LogP contribution in [0.3, 0.4) is 0 Å². The third-order valence-corrected chi connectivity index (χ3v) is 3.87. The Hall–Kier alpha value is -1.81. The highest BCUT2D eigenvalue weighted by molar-refractivity contribution is 5.39. The predicted molar refractivity (Wildman–Crippen MR) is 83.5 cm³/mol. The van der Waals surface area contributed by atoms with Crippen LogP contribution in [0.5, 0.6) is 5.75 Å². The van der Waals surface area contributed by atoms with Gasteiger partial charge in [-0.05, 0) is 23.6 Å². The third kappa shape index (κ3) is 3.45. The number of nitrogens with zero attached hydrogens (tertiary/aromatic N) is 2. The Bertz CT molecular complexity index is 604. The Morgan fingerprint density at radius 2 is 2.29 bits per heavy atom. The van der Waals surface area contributed by atoms with E-state index in [1.165, 1.54) is 11.1 Å². The summed E-state index contributed by atoms with van der Waals surface area (Å²) in [6.07, 6.45) is 6.01. The van der Waals surface area contributed by atoms with Gasteiger partial charge in [-0.3, -0.25) is 0 Å². The standard InChI is InChI=1S/C17H23N3O/c1-13(2)19-12-17-18-7-9-20(17)8-5-14-3-4-16-15(11-14)6-10-21-16/h3-4,7,9,11,13,19H,5-6,8,10,12H2,1-2H3. The van der Waals surface area contributed by atoms with Crippen molar-refractivity contribution in [2.24, 2.45) is 0 Å². The van der Waals surface area contributed by atoms with E-state index in [9.17, 15) is 0 Å². The van der Waals surface area contributed by atoms with Crippen LogP contribution in [-0.2, 0) is 25.9 Å². The summed E-state index contributed by atoms with van der Waals surface area (Å²) in [5.74, 6) is 2.16. The topological polar surface area (TPSA) is 39.1 Å². The van der Waals surface area contributed by atoms with Crippen molar-refractivity contribution in [1.82, 2.24) is 14.9 Å². The summed E-state index contributed by atoms with van der Waals surface area (Å²) in [6.45, 7) is 6.92. The molecule has 1 aromatic carbocycles. The van der Waals surface area contributed by atoms with Crippen LogP contribution in [-0.4, -0.2) is 22.2 Å². The molecule has 1 aromatic heterocycles. The van der Waals surface area contributed by atoms with Crippen molar-refractivity contribution in [3.8, 4) is 5.75 Å². The fourth-order valence-corrected chi connectivity index (χ4v) is 2.65. The number of imidazole rings is 1. The average molecular weight is 285 g/mol. The van der Waals surface area contributed by atoms with Crippen LogP contribution in [0.25, 0.3) is 0 Å². The zero-order valence-electron chi connectivity index (χ0n) is 12.8. The molecule has 0 fully saturated rings. The summed E-state index contributed by atoms with van der Waals surface area (Å²) >= 11 is 0. The van der Waals surface area contributed by atoms with E-state index >= 15 is 0 Å². The minimum absolute atomic E-state index is 0.479. The Kier molecular flexibility index (Phi) is 4.25. The van der Waals surface area contributed by atoms with Crippen LogP contribution in [0, 0.1) is 0 Å². The molecule has 3 rings (SSSR count). The smallest absolute Gasteiger partial charge is 0.122 e. The lowest BCUT2D eigenvalue weighted by Crippen LogP contribution is -2.24. The highest BCUT2D eigenvalue weighted by atomic mass is 16.5. The van der Waals surface area contributed by atoms with E-state index in [0.29, 0.717) is 6.04 Å². The Morgan fingerprint density at radius 3 is 3.14 bits per heavy atom. The van der Waals surface area contributed by atoms with Crippen LogP contribution >= 0.6 is 0 Å². The molecule has 1 aliphatic rings. The summed E-state index contributed by atoms with van der Waals surface area (Å²) < 4.78 is 7.79. The molecule has 2 heterocycles.